The minimum Gasteiger partial charge on any atom is -0.494 e. The second-order valence-electron chi connectivity index (χ2n) is 4.49. The molecule has 0 heterocycles. The number of nitrogens with one attached hydrogen (secondary N) is 1. The molecule has 20 heavy (non-hydrogen) atoms. The Bertz CT molecular complexity index is 488. The third kappa shape index (κ3) is 3.96. The van der Waals surface area contributed by atoms with Crippen LogP contribution in [0.5, 0.6) is 5.75 Å². The van der Waals surface area contributed by atoms with E-state index in [0.717, 1.165) is 0 Å². The number of ether oxygens (including phenoxy) is 2. The molecule has 0 aliphatic carbocycles. The molecule has 6 heteroatoms. The number of amides is 1. The number of carboxylic acid groups (broad SMARTS) is 1. The second kappa shape index (κ2) is 6.91. The quantitative estimate of drug-likeness (QED) is 0.787. The number of methoxy groups -OCH3 is 1. The Kier molecular flexibility index (Phi) is 5.52. The summed E-state index contributed by atoms with van der Waals surface area (Å²) >= 11 is 0. The molecule has 110 valence electrons. The Morgan fingerprint density at radius 1 is 1.40 bits per heavy atom. The Labute approximate surface area is 117 Å². The number of aliphatic carboxylic acids is 1. The van der Waals surface area contributed by atoms with Gasteiger partial charge in [-0.1, -0.05) is 6.07 Å². The van der Waals surface area contributed by atoms with Crippen LogP contribution in [0.4, 0.5) is 0 Å². The van der Waals surface area contributed by atoms with E-state index in [2.05, 4.69) is 5.32 Å². The number of hydrogen-bond donors (Lipinski definition) is 2. The molecule has 0 fully saturated rings. The summed E-state index contributed by atoms with van der Waals surface area (Å²) in [5.41, 5.74) is -1.15. The van der Waals surface area contributed by atoms with Crippen LogP contribution in [0.1, 0.15) is 24.2 Å². The van der Waals surface area contributed by atoms with E-state index in [4.69, 9.17) is 9.47 Å². The third-order valence-electron chi connectivity index (χ3n) is 2.70. The monoisotopic (exact) mass is 281 g/mol. The summed E-state index contributed by atoms with van der Waals surface area (Å²) in [5, 5.41) is 11.6. The van der Waals surface area contributed by atoms with Crippen LogP contribution in [0.3, 0.4) is 0 Å². The van der Waals surface area contributed by atoms with E-state index in [9.17, 15) is 14.7 Å². The minimum absolute atomic E-state index is 0.126. The molecule has 0 aliphatic rings. The minimum atomic E-state index is -1.48. The smallest absolute Gasteiger partial charge is 0.331 e. The standard InChI is InChI=1S/C14H19NO5/c1-4-20-11-7-5-6-10(8-11)12(16)15-14(2,9-19-3)13(17)18/h5-8H,4,9H2,1-3H3,(H,15,16)(H,17,18). The molecule has 1 aromatic rings. The van der Waals surface area contributed by atoms with Crippen molar-refractivity contribution >= 4 is 11.9 Å². The number of carboxylic acids is 1. The first kappa shape index (κ1) is 16.0. The van der Waals surface area contributed by atoms with Gasteiger partial charge in [0.25, 0.3) is 5.91 Å². The van der Waals surface area contributed by atoms with Gasteiger partial charge in [-0.25, -0.2) is 4.79 Å². The predicted molar refractivity (Wildman–Crippen MR) is 73.0 cm³/mol. The number of carbonyl (C=O) groups excluding carboxylic acids is 1. The molecule has 0 bridgehead atoms. The normalized spacial score (nSPS) is 13.3. The van der Waals surface area contributed by atoms with E-state index in [1.165, 1.54) is 14.0 Å². The maximum absolute atomic E-state index is 12.1. The molecule has 0 saturated carbocycles. The van der Waals surface area contributed by atoms with E-state index in [1.54, 1.807) is 24.3 Å². The largest absolute Gasteiger partial charge is 0.494 e. The Balaban J connectivity index is 2.89. The Morgan fingerprint density at radius 3 is 2.65 bits per heavy atom. The molecule has 6 nitrogen and oxygen atoms in total. The van der Waals surface area contributed by atoms with Crippen molar-refractivity contribution in [1.29, 1.82) is 0 Å². The van der Waals surface area contributed by atoms with Crippen molar-refractivity contribution in [3.05, 3.63) is 29.8 Å². The van der Waals surface area contributed by atoms with Crippen molar-refractivity contribution < 1.29 is 24.2 Å². The number of carbonyl (C=O) groups is 2. The van der Waals surface area contributed by atoms with E-state index >= 15 is 0 Å². The van der Waals surface area contributed by atoms with E-state index < -0.39 is 17.4 Å². The van der Waals surface area contributed by atoms with Gasteiger partial charge in [-0.05, 0) is 32.0 Å². The molecule has 0 radical (unpaired) electrons. The summed E-state index contributed by atoms with van der Waals surface area (Å²) in [6, 6.07) is 6.56. The fourth-order valence-electron chi connectivity index (χ4n) is 1.66. The van der Waals surface area contributed by atoms with Crippen LogP contribution in [-0.2, 0) is 9.53 Å². The summed E-state index contributed by atoms with van der Waals surface area (Å²) in [7, 11) is 1.38. The lowest BCUT2D eigenvalue weighted by atomic mass is 10.0. The summed E-state index contributed by atoms with van der Waals surface area (Å²) in [5.74, 6) is -1.09. The van der Waals surface area contributed by atoms with Gasteiger partial charge in [-0.15, -0.1) is 0 Å². The van der Waals surface area contributed by atoms with Gasteiger partial charge in [0, 0.05) is 12.7 Å². The number of benzene rings is 1. The number of rotatable bonds is 7. The molecule has 0 spiro atoms. The molecule has 1 unspecified atom stereocenters. The van der Waals surface area contributed by atoms with Crippen molar-refractivity contribution in [1.82, 2.24) is 5.32 Å². The first-order valence-electron chi connectivity index (χ1n) is 6.20. The summed E-state index contributed by atoms with van der Waals surface area (Å²) in [4.78, 5) is 23.3. The molecular formula is C14H19NO5. The summed E-state index contributed by atoms with van der Waals surface area (Å²) in [6.07, 6.45) is 0. The molecule has 2 N–H and O–H groups in total. The van der Waals surface area contributed by atoms with Crippen LogP contribution in [0, 0.1) is 0 Å². The van der Waals surface area contributed by atoms with Crippen molar-refractivity contribution in [3.63, 3.8) is 0 Å². The highest BCUT2D eigenvalue weighted by Crippen LogP contribution is 2.14. The second-order valence-corrected chi connectivity index (χ2v) is 4.49. The average Bonchev–Trinajstić information content (AvgIpc) is 2.39. The predicted octanol–water partition coefficient (Wildman–Crippen LogP) is 1.30. The average molecular weight is 281 g/mol. The zero-order valence-electron chi connectivity index (χ0n) is 11.8. The van der Waals surface area contributed by atoms with Gasteiger partial charge in [0.1, 0.15) is 5.75 Å². The lowest BCUT2D eigenvalue weighted by molar-refractivity contribution is -0.145. The highest BCUT2D eigenvalue weighted by Gasteiger charge is 2.35. The maximum atomic E-state index is 12.1. The lowest BCUT2D eigenvalue weighted by Crippen LogP contribution is -2.55. The van der Waals surface area contributed by atoms with Crippen LogP contribution < -0.4 is 10.1 Å². The van der Waals surface area contributed by atoms with E-state index in [0.29, 0.717) is 17.9 Å². The van der Waals surface area contributed by atoms with Crippen LogP contribution in [0.25, 0.3) is 0 Å². The highest BCUT2D eigenvalue weighted by atomic mass is 16.5. The van der Waals surface area contributed by atoms with Gasteiger partial charge in [-0.2, -0.15) is 0 Å². The zero-order valence-corrected chi connectivity index (χ0v) is 11.8. The fraction of sp³-hybridized carbons (Fsp3) is 0.429. The molecule has 1 aromatic carbocycles. The van der Waals surface area contributed by atoms with Crippen LogP contribution >= 0.6 is 0 Å². The first-order valence-corrected chi connectivity index (χ1v) is 6.20. The van der Waals surface area contributed by atoms with Crippen molar-refractivity contribution in [2.45, 2.75) is 19.4 Å². The van der Waals surface area contributed by atoms with Gasteiger partial charge >= 0.3 is 5.97 Å². The first-order chi connectivity index (χ1) is 9.42. The van der Waals surface area contributed by atoms with Gasteiger partial charge in [0.05, 0.1) is 13.2 Å². The maximum Gasteiger partial charge on any atom is 0.331 e. The number of hydrogen-bond acceptors (Lipinski definition) is 4. The van der Waals surface area contributed by atoms with Crippen LogP contribution in [0.15, 0.2) is 24.3 Å². The van der Waals surface area contributed by atoms with Gasteiger partial charge in [0.15, 0.2) is 5.54 Å². The molecule has 1 atom stereocenters. The molecule has 1 amide bonds. The van der Waals surface area contributed by atoms with Gasteiger partial charge in [-0.3, -0.25) is 4.79 Å². The van der Waals surface area contributed by atoms with Gasteiger partial charge in [0.2, 0.25) is 0 Å². The third-order valence-corrected chi connectivity index (χ3v) is 2.70. The van der Waals surface area contributed by atoms with Gasteiger partial charge < -0.3 is 19.9 Å². The van der Waals surface area contributed by atoms with Crippen LogP contribution in [-0.4, -0.2) is 42.8 Å². The lowest BCUT2D eigenvalue weighted by Gasteiger charge is -2.25. The van der Waals surface area contributed by atoms with E-state index in [1.807, 2.05) is 6.92 Å². The van der Waals surface area contributed by atoms with Crippen molar-refractivity contribution in [3.8, 4) is 5.75 Å². The zero-order chi connectivity index (χ0) is 15.2. The Hall–Kier alpha value is -2.08. The molecule has 1 rings (SSSR count). The molecule has 0 aliphatic heterocycles. The highest BCUT2D eigenvalue weighted by molar-refractivity contribution is 5.98. The summed E-state index contributed by atoms with van der Waals surface area (Å²) < 4.78 is 10.1. The van der Waals surface area contributed by atoms with Crippen molar-refractivity contribution in [2.75, 3.05) is 20.3 Å². The SMILES string of the molecule is CCOc1cccc(C(=O)NC(C)(COC)C(=O)O)c1. The molecule has 0 saturated heterocycles. The fourth-order valence-corrected chi connectivity index (χ4v) is 1.66. The molecule has 0 aromatic heterocycles. The topological polar surface area (TPSA) is 84.9 Å². The van der Waals surface area contributed by atoms with E-state index in [-0.39, 0.29) is 6.61 Å². The molecular weight excluding hydrogens is 262 g/mol. The van der Waals surface area contributed by atoms with Crippen LogP contribution in [0.2, 0.25) is 0 Å². The Morgan fingerprint density at radius 2 is 2.10 bits per heavy atom. The summed E-state index contributed by atoms with van der Waals surface area (Å²) in [6.45, 7) is 3.59. The van der Waals surface area contributed by atoms with Crippen molar-refractivity contribution in [2.24, 2.45) is 0 Å².